The molecule has 0 amide bonds. The summed E-state index contributed by atoms with van der Waals surface area (Å²) in [6.45, 7) is 3.12. The lowest BCUT2D eigenvalue weighted by Gasteiger charge is -2.30. The van der Waals surface area contributed by atoms with Crippen LogP contribution >= 0.6 is 11.3 Å². The van der Waals surface area contributed by atoms with Gasteiger partial charge in [0.15, 0.2) is 0 Å². The molecular formula is C15H18N2S. The maximum absolute atomic E-state index is 3.25. The molecule has 3 rings (SSSR count). The Balaban J connectivity index is 1.88. The van der Waals surface area contributed by atoms with E-state index in [0.29, 0.717) is 0 Å². The summed E-state index contributed by atoms with van der Waals surface area (Å²) < 4.78 is 0. The number of nitrogens with zero attached hydrogens (tertiary/aromatic N) is 1. The van der Waals surface area contributed by atoms with E-state index in [2.05, 4.69) is 45.9 Å². The predicted molar refractivity (Wildman–Crippen MR) is 78.3 cm³/mol. The number of fused-ring (bicyclic) bond motifs is 1. The molecule has 1 aliphatic rings. The van der Waals surface area contributed by atoms with Gasteiger partial charge in [-0.1, -0.05) is 18.2 Å². The average molecular weight is 258 g/mol. The van der Waals surface area contributed by atoms with Gasteiger partial charge in [-0.25, -0.2) is 0 Å². The van der Waals surface area contributed by atoms with E-state index in [4.69, 9.17) is 0 Å². The smallest absolute Gasteiger partial charge is 0.0440 e. The van der Waals surface area contributed by atoms with Gasteiger partial charge in [-0.05, 0) is 42.1 Å². The Labute approximate surface area is 112 Å². The standard InChI is InChI=1S/C15H18N2S/c1-16-10-12-4-2-3-5-14(12)17-8-6-15-13(11-17)7-9-18-15/h2-5,7,9,16H,6,8,10-11H2,1H3. The Kier molecular flexibility index (Phi) is 3.35. The van der Waals surface area contributed by atoms with Crippen molar-refractivity contribution in [2.24, 2.45) is 0 Å². The Morgan fingerprint density at radius 2 is 2.17 bits per heavy atom. The monoisotopic (exact) mass is 258 g/mol. The van der Waals surface area contributed by atoms with E-state index in [1.54, 1.807) is 4.88 Å². The first-order valence-electron chi connectivity index (χ1n) is 6.41. The summed E-state index contributed by atoms with van der Waals surface area (Å²) in [6.07, 6.45) is 1.18. The third kappa shape index (κ3) is 2.16. The lowest BCUT2D eigenvalue weighted by molar-refractivity contribution is 0.729. The van der Waals surface area contributed by atoms with Crippen molar-refractivity contribution in [2.75, 3.05) is 18.5 Å². The van der Waals surface area contributed by atoms with Crippen molar-refractivity contribution < 1.29 is 0 Å². The minimum Gasteiger partial charge on any atom is -0.367 e. The van der Waals surface area contributed by atoms with E-state index in [-0.39, 0.29) is 0 Å². The lowest BCUT2D eigenvalue weighted by atomic mass is 10.1. The molecule has 2 heterocycles. The maximum Gasteiger partial charge on any atom is 0.0440 e. The molecule has 1 N–H and O–H groups in total. The van der Waals surface area contributed by atoms with Gasteiger partial charge in [0.05, 0.1) is 0 Å². The van der Waals surface area contributed by atoms with Crippen LogP contribution in [0.1, 0.15) is 16.0 Å². The molecule has 0 radical (unpaired) electrons. The molecule has 0 bridgehead atoms. The first kappa shape index (κ1) is 11.8. The second kappa shape index (κ2) is 5.12. The number of nitrogens with one attached hydrogen (secondary N) is 1. The summed E-state index contributed by atoms with van der Waals surface area (Å²) in [5.41, 5.74) is 4.27. The summed E-state index contributed by atoms with van der Waals surface area (Å²) in [7, 11) is 2.00. The number of para-hydroxylation sites is 1. The number of hydrogen-bond donors (Lipinski definition) is 1. The fraction of sp³-hybridized carbons (Fsp3) is 0.333. The molecule has 0 fully saturated rings. The van der Waals surface area contributed by atoms with Gasteiger partial charge >= 0.3 is 0 Å². The first-order valence-corrected chi connectivity index (χ1v) is 7.29. The second-order valence-electron chi connectivity index (χ2n) is 4.70. The first-order chi connectivity index (χ1) is 8.88. The summed E-state index contributed by atoms with van der Waals surface area (Å²) >= 11 is 1.90. The van der Waals surface area contributed by atoms with Gasteiger partial charge < -0.3 is 10.2 Å². The van der Waals surface area contributed by atoms with Gasteiger partial charge in [0.2, 0.25) is 0 Å². The zero-order valence-corrected chi connectivity index (χ0v) is 11.5. The topological polar surface area (TPSA) is 15.3 Å². The minimum absolute atomic E-state index is 0.934. The Morgan fingerprint density at radius 1 is 1.28 bits per heavy atom. The highest BCUT2D eigenvalue weighted by molar-refractivity contribution is 7.10. The van der Waals surface area contributed by atoms with Gasteiger partial charge in [-0.15, -0.1) is 11.3 Å². The molecule has 1 aliphatic heterocycles. The molecule has 94 valence electrons. The summed E-state index contributed by atoms with van der Waals surface area (Å²) in [5.74, 6) is 0. The van der Waals surface area contributed by atoms with Crippen molar-refractivity contribution in [3.63, 3.8) is 0 Å². The number of benzene rings is 1. The van der Waals surface area contributed by atoms with Crippen LogP contribution in [-0.2, 0) is 19.5 Å². The third-order valence-corrected chi connectivity index (χ3v) is 4.53. The van der Waals surface area contributed by atoms with Gasteiger partial charge in [-0.2, -0.15) is 0 Å². The van der Waals surface area contributed by atoms with Crippen LogP contribution in [0.3, 0.4) is 0 Å². The maximum atomic E-state index is 3.25. The van der Waals surface area contributed by atoms with Crippen molar-refractivity contribution in [3.8, 4) is 0 Å². The molecule has 3 heteroatoms. The number of rotatable bonds is 3. The molecule has 2 aromatic rings. The van der Waals surface area contributed by atoms with Gasteiger partial charge in [0, 0.05) is 30.2 Å². The summed E-state index contributed by atoms with van der Waals surface area (Å²) in [4.78, 5) is 4.07. The fourth-order valence-electron chi connectivity index (χ4n) is 2.61. The molecule has 0 unspecified atom stereocenters. The van der Waals surface area contributed by atoms with E-state index < -0.39 is 0 Å². The van der Waals surface area contributed by atoms with Crippen LogP contribution in [0.15, 0.2) is 35.7 Å². The zero-order chi connectivity index (χ0) is 12.4. The van der Waals surface area contributed by atoms with Gasteiger partial charge in [0.25, 0.3) is 0 Å². The minimum atomic E-state index is 0.934. The highest BCUT2D eigenvalue weighted by Crippen LogP contribution is 2.29. The molecule has 1 aromatic carbocycles. The normalized spacial score (nSPS) is 14.6. The van der Waals surface area contributed by atoms with E-state index in [9.17, 15) is 0 Å². The highest BCUT2D eigenvalue weighted by atomic mass is 32.1. The Bertz CT molecular complexity index is 533. The van der Waals surface area contributed by atoms with Crippen molar-refractivity contribution in [3.05, 3.63) is 51.7 Å². The van der Waals surface area contributed by atoms with Crippen molar-refractivity contribution in [2.45, 2.75) is 19.5 Å². The van der Waals surface area contributed by atoms with Crippen LogP contribution in [-0.4, -0.2) is 13.6 Å². The fourth-order valence-corrected chi connectivity index (χ4v) is 3.50. The number of thiophene rings is 1. The lowest BCUT2D eigenvalue weighted by Crippen LogP contribution is -2.30. The summed E-state index contributed by atoms with van der Waals surface area (Å²) in [5, 5.41) is 5.47. The number of hydrogen-bond acceptors (Lipinski definition) is 3. The van der Waals surface area contributed by atoms with Crippen LogP contribution in [0, 0.1) is 0 Å². The Hall–Kier alpha value is -1.32. The molecule has 0 aliphatic carbocycles. The quantitative estimate of drug-likeness (QED) is 0.910. The highest BCUT2D eigenvalue weighted by Gasteiger charge is 2.18. The van der Waals surface area contributed by atoms with E-state index in [0.717, 1.165) is 19.6 Å². The second-order valence-corrected chi connectivity index (χ2v) is 5.70. The van der Waals surface area contributed by atoms with E-state index in [1.165, 1.54) is 23.2 Å². The third-order valence-electron chi connectivity index (χ3n) is 3.51. The molecule has 0 spiro atoms. The molecule has 2 nitrogen and oxygen atoms in total. The predicted octanol–water partition coefficient (Wildman–Crippen LogP) is 3.03. The molecule has 0 saturated heterocycles. The zero-order valence-electron chi connectivity index (χ0n) is 10.6. The van der Waals surface area contributed by atoms with Gasteiger partial charge in [0.1, 0.15) is 0 Å². The Morgan fingerprint density at radius 3 is 3.06 bits per heavy atom. The molecule has 1 aromatic heterocycles. The van der Waals surface area contributed by atoms with E-state index in [1.807, 2.05) is 18.4 Å². The van der Waals surface area contributed by atoms with Crippen LogP contribution in [0.4, 0.5) is 5.69 Å². The van der Waals surface area contributed by atoms with Crippen molar-refractivity contribution >= 4 is 17.0 Å². The van der Waals surface area contributed by atoms with Crippen LogP contribution in [0.5, 0.6) is 0 Å². The largest absolute Gasteiger partial charge is 0.367 e. The van der Waals surface area contributed by atoms with Gasteiger partial charge in [-0.3, -0.25) is 0 Å². The SMILES string of the molecule is CNCc1ccccc1N1CCc2sccc2C1. The molecule has 18 heavy (non-hydrogen) atoms. The average Bonchev–Trinajstić information content (AvgIpc) is 2.87. The molecular weight excluding hydrogens is 240 g/mol. The van der Waals surface area contributed by atoms with Crippen LogP contribution in [0.2, 0.25) is 0 Å². The van der Waals surface area contributed by atoms with Crippen LogP contribution in [0.25, 0.3) is 0 Å². The van der Waals surface area contributed by atoms with E-state index >= 15 is 0 Å². The number of anilines is 1. The molecule has 0 atom stereocenters. The van der Waals surface area contributed by atoms with Crippen molar-refractivity contribution in [1.82, 2.24) is 5.32 Å². The van der Waals surface area contributed by atoms with Crippen LogP contribution < -0.4 is 10.2 Å². The summed E-state index contributed by atoms with van der Waals surface area (Å²) in [6, 6.07) is 11.0. The molecule has 0 saturated carbocycles. The van der Waals surface area contributed by atoms with Crippen molar-refractivity contribution in [1.29, 1.82) is 0 Å².